The van der Waals surface area contributed by atoms with Gasteiger partial charge in [0, 0.05) is 12.1 Å². The number of benzene rings is 1. The number of hydrogen-bond donors (Lipinski definition) is 2. The molecule has 1 heterocycles. The fourth-order valence-electron chi connectivity index (χ4n) is 3.69. The minimum absolute atomic E-state index is 0.1000. The standard InChI is InChI=1S/C19H22F3N3O4/c1-29-15-10-6-5-9-13(15)23-16(26)17(27)25-18(28,19(20,21)22)11-14(24-25)12-7-3-2-4-8-12/h5-6,9-10,12,28H,2-4,7-8,11H2,1H3,(H,23,26). The van der Waals surface area contributed by atoms with Crippen LogP contribution in [0.25, 0.3) is 0 Å². The molecule has 1 aliphatic heterocycles. The molecule has 1 unspecified atom stereocenters. The molecular formula is C19H22F3N3O4. The first-order valence-corrected chi connectivity index (χ1v) is 9.32. The summed E-state index contributed by atoms with van der Waals surface area (Å²) in [6.07, 6.45) is -2.07. The van der Waals surface area contributed by atoms with Crippen molar-refractivity contribution >= 4 is 23.2 Å². The average molecular weight is 413 g/mol. The first-order chi connectivity index (χ1) is 13.7. The lowest BCUT2D eigenvalue weighted by atomic mass is 9.83. The third-order valence-electron chi connectivity index (χ3n) is 5.28. The Labute approximate surface area is 165 Å². The highest BCUT2D eigenvalue weighted by atomic mass is 19.4. The number of anilines is 1. The van der Waals surface area contributed by atoms with Gasteiger partial charge in [-0.15, -0.1) is 0 Å². The van der Waals surface area contributed by atoms with E-state index in [1.54, 1.807) is 12.1 Å². The Balaban J connectivity index is 1.86. The number of carbonyl (C=O) groups is 2. The molecule has 10 heteroatoms. The summed E-state index contributed by atoms with van der Waals surface area (Å²) in [6, 6.07) is 6.13. The van der Waals surface area contributed by atoms with Crippen molar-refractivity contribution < 1.29 is 32.6 Å². The summed E-state index contributed by atoms with van der Waals surface area (Å²) in [4.78, 5) is 24.9. The lowest BCUT2D eigenvalue weighted by Crippen LogP contribution is -2.58. The van der Waals surface area contributed by atoms with E-state index in [2.05, 4.69) is 10.4 Å². The molecule has 2 aliphatic rings. The largest absolute Gasteiger partial charge is 0.495 e. The molecule has 1 aliphatic carbocycles. The van der Waals surface area contributed by atoms with Crippen molar-refractivity contribution in [2.45, 2.75) is 50.4 Å². The lowest BCUT2D eigenvalue weighted by Gasteiger charge is -2.32. The monoisotopic (exact) mass is 413 g/mol. The minimum Gasteiger partial charge on any atom is -0.495 e. The highest BCUT2D eigenvalue weighted by Crippen LogP contribution is 2.43. The number of amides is 2. The molecule has 1 aromatic carbocycles. The summed E-state index contributed by atoms with van der Waals surface area (Å²) >= 11 is 0. The Kier molecular flexibility index (Phi) is 5.83. The quantitative estimate of drug-likeness (QED) is 0.746. The van der Waals surface area contributed by atoms with E-state index in [1.807, 2.05) is 0 Å². The zero-order chi connectivity index (χ0) is 21.2. The van der Waals surface area contributed by atoms with Gasteiger partial charge in [0.1, 0.15) is 5.75 Å². The van der Waals surface area contributed by atoms with Gasteiger partial charge in [0.25, 0.3) is 5.72 Å². The fraction of sp³-hybridized carbons (Fsp3) is 0.526. The highest BCUT2D eigenvalue weighted by Gasteiger charge is 2.64. The van der Waals surface area contributed by atoms with E-state index >= 15 is 0 Å². The van der Waals surface area contributed by atoms with Crippen LogP contribution in [0.15, 0.2) is 29.4 Å². The van der Waals surface area contributed by atoms with Crippen molar-refractivity contribution in [3.05, 3.63) is 24.3 Å². The van der Waals surface area contributed by atoms with Gasteiger partial charge in [-0.1, -0.05) is 31.4 Å². The number of nitrogens with zero attached hydrogens (tertiary/aromatic N) is 2. The Morgan fingerprint density at radius 3 is 2.52 bits per heavy atom. The number of nitrogens with one attached hydrogen (secondary N) is 1. The van der Waals surface area contributed by atoms with Crippen LogP contribution in [-0.2, 0) is 9.59 Å². The third kappa shape index (κ3) is 4.07. The van der Waals surface area contributed by atoms with E-state index < -0.39 is 30.1 Å². The molecule has 158 valence electrons. The highest BCUT2D eigenvalue weighted by molar-refractivity contribution is 6.40. The van der Waals surface area contributed by atoms with E-state index in [0.29, 0.717) is 12.8 Å². The van der Waals surface area contributed by atoms with E-state index in [4.69, 9.17) is 4.74 Å². The molecule has 7 nitrogen and oxygen atoms in total. The molecule has 0 bridgehead atoms. The molecule has 0 saturated heterocycles. The Hall–Kier alpha value is -2.62. The molecular weight excluding hydrogens is 391 g/mol. The summed E-state index contributed by atoms with van der Waals surface area (Å²) in [7, 11) is 1.34. The number of rotatable bonds is 3. The maximum Gasteiger partial charge on any atom is 0.438 e. The second kappa shape index (κ2) is 8.02. The first kappa shape index (κ1) is 21.1. The van der Waals surface area contributed by atoms with Gasteiger partial charge in [-0.2, -0.15) is 23.3 Å². The maximum atomic E-state index is 13.6. The van der Waals surface area contributed by atoms with E-state index in [-0.39, 0.29) is 28.1 Å². The molecule has 0 spiro atoms. The van der Waals surface area contributed by atoms with Crippen LogP contribution >= 0.6 is 0 Å². The second-order valence-corrected chi connectivity index (χ2v) is 7.19. The Morgan fingerprint density at radius 2 is 1.90 bits per heavy atom. The predicted molar refractivity (Wildman–Crippen MR) is 98.1 cm³/mol. The number of hydrogen-bond acceptors (Lipinski definition) is 5. The maximum absolute atomic E-state index is 13.6. The van der Waals surface area contributed by atoms with E-state index in [0.717, 1.165) is 19.3 Å². The number of methoxy groups -OCH3 is 1. The summed E-state index contributed by atoms with van der Waals surface area (Å²) in [6.45, 7) is 0. The van der Waals surface area contributed by atoms with E-state index in [1.165, 1.54) is 19.2 Å². The summed E-state index contributed by atoms with van der Waals surface area (Å²) in [5, 5.41) is 16.2. The third-order valence-corrected chi connectivity index (χ3v) is 5.28. The van der Waals surface area contributed by atoms with Crippen molar-refractivity contribution in [2.24, 2.45) is 11.0 Å². The molecule has 0 aromatic heterocycles. The topological polar surface area (TPSA) is 91.2 Å². The number of ether oxygens (including phenoxy) is 1. The Bertz CT molecular complexity index is 821. The van der Waals surface area contributed by atoms with Crippen LogP contribution < -0.4 is 10.1 Å². The summed E-state index contributed by atoms with van der Waals surface area (Å²) in [5.41, 5.74) is -3.34. The molecule has 1 atom stereocenters. The van der Waals surface area contributed by atoms with Crippen LogP contribution in [0.4, 0.5) is 18.9 Å². The van der Waals surface area contributed by atoms with Gasteiger partial charge < -0.3 is 15.2 Å². The van der Waals surface area contributed by atoms with Gasteiger partial charge >= 0.3 is 18.0 Å². The number of para-hydroxylation sites is 2. The van der Waals surface area contributed by atoms with Gasteiger partial charge in [0.2, 0.25) is 0 Å². The summed E-state index contributed by atoms with van der Waals surface area (Å²) < 4.78 is 46.0. The number of hydrazone groups is 1. The molecule has 3 rings (SSSR count). The van der Waals surface area contributed by atoms with Crippen LogP contribution in [0.5, 0.6) is 5.75 Å². The molecule has 1 aromatic rings. The van der Waals surface area contributed by atoms with Gasteiger partial charge in [0.15, 0.2) is 0 Å². The predicted octanol–water partition coefficient (Wildman–Crippen LogP) is 3.05. The molecule has 0 radical (unpaired) electrons. The summed E-state index contributed by atoms with van der Waals surface area (Å²) in [5.74, 6) is -2.97. The normalized spacial score (nSPS) is 22.9. The SMILES string of the molecule is COc1ccccc1NC(=O)C(=O)N1N=C(C2CCCCC2)CC1(O)C(F)(F)F. The van der Waals surface area contributed by atoms with Gasteiger partial charge in [-0.3, -0.25) is 9.59 Å². The van der Waals surface area contributed by atoms with E-state index in [9.17, 15) is 27.9 Å². The van der Waals surface area contributed by atoms with Crippen LogP contribution in [0.2, 0.25) is 0 Å². The number of aliphatic hydroxyl groups is 1. The van der Waals surface area contributed by atoms with Crippen molar-refractivity contribution in [1.29, 1.82) is 0 Å². The van der Waals surface area contributed by atoms with Crippen molar-refractivity contribution in [3.8, 4) is 5.75 Å². The van der Waals surface area contributed by atoms with Crippen LogP contribution in [0.3, 0.4) is 0 Å². The van der Waals surface area contributed by atoms with Crippen molar-refractivity contribution in [2.75, 3.05) is 12.4 Å². The molecule has 2 amide bonds. The zero-order valence-corrected chi connectivity index (χ0v) is 15.8. The first-order valence-electron chi connectivity index (χ1n) is 9.32. The van der Waals surface area contributed by atoms with Gasteiger partial charge in [-0.05, 0) is 30.9 Å². The number of carbonyl (C=O) groups excluding carboxylic acids is 2. The smallest absolute Gasteiger partial charge is 0.438 e. The molecule has 29 heavy (non-hydrogen) atoms. The number of halogens is 3. The second-order valence-electron chi connectivity index (χ2n) is 7.19. The lowest BCUT2D eigenvalue weighted by molar-refractivity contribution is -0.301. The van der Waals surface area contributed by atoms with Crippen LogP contribution in [0.1, 0.15) is 38.5 Å². The van der Waals surface area contributed by atoms with Crippen molar-refractivity contribution in [1.82, 2.24) is 5.01 Å². The zero-order valence-electron chi connectivity index (χ0n) is 15.8. The molecule has 2 N–H and O–H groups in total. The fourth-order valence-corrected chi connectivity index (χ4v) is 3.69. The molecule has 1 fully saturated rings. The van der Waals surface area contributed by atoms with Gasteiger partial charge in [-0.25, -0.2) is 0 Å². The average Bonchev–Trinajstić information content (AvgIpc) is 3.07. The minimum atomic E-state index is -5.17. The van der Waals surface area contributed by atoms with Crippen molar-refractivity contribution in [3.63, 3.8) is 0 Å². The van der Waals surface area contributed by atoms with Crippen LogP contribution in [-0.4, -0.2) is 46.7 Å². The molecule has 1 saturated carbocycles. The Morgan fingerprint density at radius 1 is 1.24 bits per heavy atom. The number of alkyl halides is 3. The van der Waals surface area contributed by atoms with Gasteiger partial charge in [0.05, 0.1) is 12.8 Å². The van der Waals surface area contributed by atoms with Crippen LogP contribution in [0, 0.1) is 5.92 Å².